The molecule has 1 atom stereocenters. The molecule has 0 spiro atoms. The van der Waals surface area contributed by atoms with Gasteiger partial charge < -0.3 is 10.0 Å². The highest BCUT2D eigenvalue weighted by Crippen LogP contribution is 2.29. The molecule has 2 aromatic rings. The van der Waals surface area contributed by atoms with Gasteiger partial charge in [-0.05, 0) is 22.8 Å². The summed E-state index contributed by atoms with van der Waals surface area (Å²) in [5.74, 6) is -0.0973. The number of nitrogens with zero attached hydrogens (tertiary/aromatic N) is 1. The maximum atomic E-state index is 12.5. The lowest BCUT2D eigenvalue weighted by Crippen LogP contribution is -2.24. The van der Waals surface area contributed by atoms with E-state index in [1.165, 1.54) is 4.90 Å². The monoisotopic (exact) mass is 269 g/mol. The number of aliphatic hydroxyl groups is 1. The van der Waals surface area contributed by atoms with Crippen LogP contribution >= 0.6 is 0 Å². The topological polar surface area (TPSA) is 40.5 Å². The van der Waals surface area contributed by atoms with Crippen molar-refractivity contribution in [1.82, 2.24) is 4.90 Å². The molecular formula is C17H19NO2. The van der Waals surface area contributed by atoms with Crippen molar-refractivity contribution in [2.75, 3.05) is 14.1 Å². The summed E-state index contributed by atoms with van der Waals surface area (Å²) in [5, 5.41) is 12.1. The predicted molar refractivity (Wildman–Crippen MR) is 81.7 cm³/mol. The number of hydrogen-bond acceptors (Lipinski definition) is 2. The van der Waals surface area contributed by atoms with E-state index >= 15 is 0 Å². The van der Waals surface area contributed by atoms with Gasteiger partial charge in [-0.15, -0.1) is 6.58 Å². The summed E-state index contributed by atoms with van der Waals surface area (Å²) >= 11 is 0. The Morgan fingerprint density at radius 2 is 2.00 bits per heavy atom. The van der Waals surface area contributed by atoms with Crippen LogP contribution in [0, 0.1) is 0 Å². The van der Waals surface area contributed by atoms with Gasteiger partial charge in [0.1, 0.15) is 0 Å². The number of aliphatic hydroxyl groups excluding tert-OH is 1. The van der Waals surface area contributed by atoms with Gasteiger partial charge in [0, 0.05) is 14.1 Å². The minimum atomic E-state index is -0.712. The fourth-order valence-electron chi connectivity index (χ4n) is 2.31. The number of amides is 1. The Balaban J connectivity index is 2.71. The van der Waals surface area contributed by atoms with Crippen molar-refractivity contribution in [3.05, 3.63) is 60.2 Å². The van der Waals surface area contributed by atoms with Crippen LogP contribution in [0.2, 0.25) is 0 Å². The molecule has 0 radical (unpaired) electrons. The maximum absolute atomic E-state index is 12.5. The van der Waals surface area contributed by atoms with Gasteiger partial charge >= 0.3 is 0 Å². The molecular weight excluding hydrogens is 250 g/mol. The van der Waals surface area contributed by atoms with E-state index in [4.69, 9.17) is 0 Å². The Morgan fingerprint density at radius 1 is 1.30 bits per heavy atom. The third kappa shape index (κ3) is 2.58. The minimum absolute atomic E-state index is 0.0973. The standard InChI is InChI=1S/C17H19NO2/c1-4-7-15(19)14-11-10-12-8-5-6-9-13(12)16(14)17(20)18(2)3/h4-6,8-11,15,19H,1,7H2,2-3H3/t15-/m0/s1. The van der Waals surface area contributed by atoms with Crippen LogP contribution in [0.5, 0.6) is 0 Å². The second kappa shape index (κ2) is 5.88. The van der Waals surface area contributed by atoms with Crippen molar-refractivity contribution < 1.29 is 9.90 Å². The number of fused-ring (bicyclic) bond motifs is 1. The molecule has 2 rings (SSSR count). The molecule has 0 aliphatic carbocycles. The van der Waals surface area contributed by atoms with Crippen molar-refractivity contribution in [3.8, 4) is 0 Å². The molecule has 104 valence electrons. The zero-order valence-electron chi connectivity index (χ0n) is 11.8. The summed E-state index contributed by atoms with van der Waals surface area (Å²) in [4.78, 5) is 14.0. The van der Waals surface area contributed by atoms with Gasteiger partial charge in [0.2, 0.25) is 0 Å². The smallest absolute Gasteiger partial charge is 0.254 e. The van der Waals surface area contributed by atoms with Crippen LogP contribution in [0.4, 0.5) is 0 Å². The van der Waals surface area contributed by atoms with E-state index in [2.05, 4.69) is 6.58 Å². The summed E-state index contributed by atoms with van der Waals surface area (Å²) in [6.45, 7) is 3.64. The molecule has 0 unspecified atom stereocenters. The lowest BCUT2D eigenvalue weighted by molar-refractivity contribution is 0.0822. The average molecular weight is 269 g/mol. The van der Waals surface area contributed by atoms with E-state index in [1.807, 2.05) is 36.4 Å². The molecule has 0 aromatic heterocycles. The van der Waals surface area contributed by atoms with E-state index in [0.717, 1.165) is 10.8 Å². The van der Waals surface area contributed by atoms with E-state index in [0.29, 0.717) is 17.5 Å². The number of benzene rings is 2. The first-order chi connectivity index (χ1) is 9.56. The Bertz CT molecular complexity index is 646. The van der Waals surface area contributed by atoms with Gasteiger partial charge in [0.05, 0.1) is 11.7 Å². The van der Waals surface area contributed by atoms with Crippen LogP contribution in [-0.2, 0) is 0 Å². The molecule has 0 aliphatic heterocycles. The molecule has 3 nitrogen and oxygen atoms in total. The van der Waals surface area contributed by atoms with E-state index in [1.54, 1.807) is 20.2 Å². The molecule has 3 heteroatoms. The van der Waals surface area contributed by atoms with Gasteiger partial charge in [0.25, 0.3) is 5.91 Å². The highest BCUT2D eigenvalue weighted by molar-refractivity contribution is 6.08. The minimum Gasteiger partial charge on any atom is -0.388 e. The van der Waals surface area contributed by atoms with Crippen molar-refractivity contribution in [2.24, 2.45) is 0 Å². The number of carbonyl (C=O) groups is 1. The Hall–Kier alpha value is -2.13. The molecule has 0 fully saturated rings. The maximum Gasteiger partial charge on any atom is 0.254 e. The van der Waals surface area contributed by atoms with Gasteiger partial charge in [-0.25, -0.2) is 0 Å². The second-order valence-corrected chi connectivity index (χ2v) is 4.99. The molecule has 20 heavy (non-hydrogen) atoms. The molecule has 0 aliphatic rings. The van der Waals surface area contributed by atoms with Crippen molar-refractivity contribution in [2.45, 2.75) is 12.5 Å². The lowest BCUT2D eigenvalue weighted by atomic mass is 9.93. The quantitative estimate of drug-likeness (QED) is 0.866. The van der Waals surface area contributed by atoms with Gasteiger partial charge in [0.15, 0.2) is 0 Å². The van der Waals surface area contributed by atoms with Gasteiger partial charge in [-0.3, -0.25) is 4.79 Å². The Labute approximate surface area is 119 Å². The first-order valence-electron chi connectivity index (χ1n) is 6.58. The summed E-state index contributed by atoms with van der Waals surface area (Å²) < 4.78 is 0. The third-order valence-corrected chi connectivity index (χ3v) is 3.33. The van der Waals surface area contributed by atoms with E-state index < -0.39 is 6.10 Å². The van der Waals surface area contributed by atoms with Crippen LogP contribution in [-0.4, -0.2) is 30.0 Å². The molecule has 1 N–H and O–H groups in total. The molecule has 0 saturated carbocycles. The molecule has 1 amide bonds. The summed E-state index contributed by atoms with van der Waals surface area (Å²) in [6.07, 6.45) is 1.37. The normalized spacial score (nSPS) is 12.2. The Kier molecular flexibility index (Phi) is 4.20. The summed E-state index contributed by atoms with van der Waals surface area (Å²) in [7, 11) is 3.43. The highest BCUT2D eigenvalue weighted by atomic mass is 16.3. The zero-order chi connectivity index (χ0) is 14.7. The van der Waals surface area contributed by atoms with Crippen LogP contribution in [0.3, 0.4) is 0 Å². The van der Waals surface area contributed by atoms with Crippen LogP contribution in [0.15, 0.2) is 49.1 Å². The molecule has 0 heterocycles. The summed E-state index contributed by atoms with van der Waals surface area (Å²) in [5.41, 5.74) is 1.23. The number of hydrogen-bond donors (Lipinski definition) is 1. The fourth-order valence-corrected chi connectivity index (χ4v) is 2.31. The summed E-state index contributed by atoms with van der Waals surface area (Å²) in [6, 6.07) is 11.5. The van der Waals surface area contributed by atoms with Crippen molar-refractivity contribution >= 4 is 16.7 Å². The predicted octanol–water partition coefficient (Wildman–Crippen LogP) is 3.15. The van der Waals surface area contributed by atoms with E-state index in [-0.39, 0.29) is 5.91 Å². The lowest BCUT2D eigenvalue weighted by Gasteiger charge is -2.19. The molecule has 0 saturated heterocycles. The van der Waals surface area contributed by atoms with Gasteiger partial charge in [-0.1, -0.05) is 42.5 Å². The first kappa shape index (κ1) is 14.3. The van der Waals surface area contributed by atoms with E-state index in [9.17, 15) is 9.90 Å². The second-order valence-electron chi connectivity index (χ2n) is 4.99. The first-order valence-corrected chi connectivity index (χ1v) is 6.58. The van der Waals surface area contributed by atoms with Gasteiger partial charge in [-0.2, -0.15) is 0 Å². The van der Waals surface area contributed by atoms with Crippen molar-refractivity contribution in [3.63, 3.8) is 0 Å². The average Bonchev–Trinajstić information content (AvgIpc) is 2.45. The third-order valence-electron chi connectivity index (χ3n) is 3.33. The van der Waals surface area contributed by atoms with Crippen LogP contribution in [0.25, 0.3) is 10.8 Å². The number of rotatable bonds is 4. The largest absolute Gasteiger partial charge is 0.388 e. The zero-order valence-corrected chi connectivity index (χ0v) is 11.8. The number of carbonyl (C=O) groups excluding carboxylic acids is 1. The Morgan fingerprint density at radius 3 is 2.65 bits per heavy atom. The molecule has 2 aromatic carbocycles. The molecule has 0 bridgehead atoms. The fraction of sp³-hybridized carbons (Fsp3) is 0.235. The highest BCUT2D eigenvalue weighted by Gasteiger charge is 2.20. The van der Waals surface area contributed by atoms with Crippen molar-refractivity contribution in [1.29, 1.82) is 0 Å². The SMILES string of the molecule is C=CC[C@H](O)c1ccc2ccccc2c1C(=O)N(C)C. The van der Waals surface area contributed by atoms with Crippen LogP contribution in [0.1, 0.15) is 28.4 Å². The van der Waals surface area contributed by atoms with Crippen LogP contribution < -0.4 is 0 Å².